The summed E-state index contributed by atoms with van der Waals surface area (Å²) in [6.45, 7) is 5.90. The van der Waals surface area contributed by atoms with Crippen LogP contribution >= 0.6 is 0 Å². The molecule has 1 aliphatic rings. The Hall–Kier alpha value is -1.63. The topological polar surface area (TPSA) is 95.7 Å². The first-order valence-electron chi connectivity index (χ1n) is 14.1. The second-order valence-corrected chi connectivity index (χ2v) is 9.90. The monoisotopic (exact) mass is 480 g/mol. The van der Waals surface area contributed by atoms with Gasteiger partial charge in [-0.25, -0.2) is 4.79 Å². The molecule has 0 spiro atoms. The van der Waals surface area contributed by atoms with E-state index in [1.165, 1.54) is 62.7 Å². The van der Waals surface area contributed by atoms with Gasteiger partial charge >= 0.3 is 6.03 Å². The van der Waals surface area contributed by atoms with Crippen LogP contribution in [0.5, 0.6) is 0 Å². The maximum Gasteiger partial charge on any atom is 0.327 e. The van der Waals surface area contributed by atoms with Gasteiger partial charge in [-0.3, -0.25) is 14.5 Å². The molecular weight excluding hydrogens is 428 g/mol. The molecule has 0 aromatic carbocycles. The fraction of sp³-hybridized carbons (Fsp3) is 0.889. The summed E-state index contributed by atoms with van der Waals surface area (Å²) in [4.78, 5) is 40.4. The van der Waals surface area contributed by atoms with Gasteiger partial charge in [0.05, 0.1) is 0 Å². The molecule has 0 unspecified atom stereocenters. The van der Waals surface area contributed by atoms with Crippen LogP contribution in [0.1, 0.15) is 123 Å². The maximum atomic E-state index is 12.7. The molecular formula is C27H52N4O3. The molecule has 7 nitrogen and oxygen atoms in total. The Morgan fingerprint density at radius 2 is 1.44 bits per heavy atom. The molecule has 0 aromatic heterocycles. The van der Waals surface area contributed by atoms with Crippen molar-refractivity contribution < 1.29 is 14.4 Å². The highest BCUT2D eigenvalue weighted by Crippen LogP contribution is 2.15. The summed E-state index contributed by atoms with van der Waals surface area (Å²) in [5, 5.41) is 3.13. The van der Waals surface area contributed by atoms with E-state index in [-0.39, 0.29) is 30.4 Å². The smallest absolute Gasteiger partial charge is 0.327 e. The van der Waals surface area contributed by atoms with Crippen LogP contribution in [0.2, 0.25) is 0 Å². The molecule has 34 heavy (non-hydrogen) atoms. The van der Waals surface area contributed by atoms with E-state index in [0.29, 0.717) is 26.1 Å². The number of hydrogen-bond donors (Lipinski definition) is 2. The number of nitrogens with zero attached hydrogens (tertiary/aromatic N) is 2. The van der Waals surface area contributed by atoms with Crippen molar-refractivity contribution in [2.75, 3.05) is 26.2 Å². The standard InChI is InChI=1S/C27H52N4O3/c1-3-5-7-8-9-10-11-12-13-14-15-19-25(32)29-24(18-16-17-20-28)22-30-23-26(33)31(27(30)34)21-6-4-2/h24H,3-23,28H2,1-2H3,(H,29,32)/t24-/m0/s1. The summed E-state index contributed by atoms with van der Waals surface area (Å²) in [5.41, 5.74) is 5.63. The molecule has 0 aliphatic carbocycles. The first kappa shape index (κ1) is 30.4. The summed E-state index contributed by atoms with van der Waals surface area (Å²) < 4.78 is 0. The third-order valence-corrected chi connectivity index (χ3v) is 6.68. The zero-order valence-electron chi connectivity index (χ0n) is 22.1. The van der Waals surface area contributed by atoms with Gasteiger partial charge < -0.3 is 16.0 Å². The van der Waals surface area contributed by atoms with Crippen molar-refractivity contribution in [3.8, 4) is 0 Å². The van der Waals surface area contributed by atoms with Crippen LogP contribution < -0.4 is 11.1 Å². The molecule has 1 saturated heterocycles. The third kappa shape index (κ3) is 13.3. The molecule has 1 rings (SSSR count). The third-order valence-electron chi connectivity index (χ3n) is 6.68. The first-order chi connectivity index (χ1) is 16.5. The molecule has 1 aliphatic heterocycles. The van der Waals surface area contributed by atoms with Crippen molar-refractivity contribution in [3.05, 3.63) is 0 Å². The SMILES string of the molecule is CCCCCCCCCCCCCC(=O)N[C@@H](CCCCN)CN1CC(=O)N(CCCC)C1=O. The van der Waals surface area contributed by atoms with E-state index in [1.807, 2.05) is 6.92 Å². The normalized spacial score (nSPS) is 14.8. The summed E-state index contributed by atoms with van der Waals surface area (Å²) in [5.74, 6) is -0.0825. The molecule has 3 N–H and O–H groups in total. The second kappa shape index (κ2) is 19.7. The lowest BCUT2D eigenvalue weighted by Gasteiger charge is -2.24. The fourth-order valence-corrected chi connectivity index (χ4v) is 4.53. The van der Waals surface area contributed by atoms with Crippen LogP contribution in [0.15, 0.2) is 0 Å². The number of carbonyl (C=O) groups excluding carboxylic acids is 3. The Bertz CT molecular complexity index is 570. The van der Waals surface area contributed by atoms with Gasteiger partial charge in [0.1, 0.15) is 6.54 Å². The van der Waals surface area contributed by atoms with Crippen molar-refractivity contribution in [2.24, 2.45) is 5.73 Å². The van der Waals surface area contributed by atoms with E-state index in [2.05, 4.69) is 12.2 Å². The van der Waals surface area contributed by atoms with E-state index in [9.17, 15) is 14.4 Å². The van der Waals surface area contributed by atoms with Crippen molar-refractivity contribution in [1.82, 2.24) is 15.1 Å². The number of urea groups is 1. The number of imide groups is 1. The van der Waals surface area contributed by atoms with Gasteiger partial charge in [-0.05, 0) is 32.2 Å². The lowest BCUT2D eigenvalue weighted by molar-refractivity contribution is -0.125. The fourth-order valence-electron chi connectivity index (χ4n) is 4.53. The quantitative estimate of drug-likeness (QED) is 0.161. The summed E-state index contributed by atoms with van der Waals surface area (Å²) in [6.07, 6.45) is 18.7. The van der Waals surface area contributed by atoms with E-state index in [1.54, 1.807) is 4.90 Å². The number of rotatable bonds is 22. The van der Waals surface area contributed by atoms with Gasteiger partial charge in [-0.1, -0.05) is 90.9 Å². The van der Waals surface area contributed by atoms with E-state index >= 15 is 0 Å². The zero-order valence-corrected chi connectivity index (χ0v) is 22.1. The summed E-state index contributed by atoms with van der Waals surface area (Å²) in [6, 6.07) is -0.350. The Balaban J connectivity index is 2.30. The van der Waals surface area contributed by atoms with Gasteiger partial charge in [0.15, 0.2) is 0 Å². The van der Waals surface area contributed by atoms with Gasteiger partial charge in [0.2, 0.25) is 11.8 Å². The molecule has 7 heteroatoms. The van der Waals surface area contributed by atoms with Crippen molar-refractivity contribution in [2.45, 2.75) is 129 Å². The largest absolute Gasteiger partial charge is 0.352 e. The van der Waals surface area contributed by atoms with Crippen LogP contribution in [0, 0.1) is 0 Å². The molecule has 0 aromatic rings. The number of amides is 4. The highest BCUT2D eigenvalue weighted by molar-refractivity contribution is 6.02. The van der Waals surface area contributed by atoms with Crippen LogP contribution in [0.3, 0.4) is 0 Å². The summed E-state index contributed by atoms with van der Waals surface area (Å²) in [7, 11) is 0. The van der Waals surface area contributed by atoms with Crippen molar-refractivity contribution in [3.63, 3.8) is 0 Å². The number of nitrogens with two attached hydrogens (primary N) is 1. The Morgan fingerprint density at radius 1 is 0.853 bits per heavy atom. The van der Waals surface area contributed by atoms with Gasteiger partial charge in [-0.2, -0.15) is 0 Å². The first-order valence-corrected chi connectivity index (χ1v) is 14.1. The number of unbranched alkanes of at least 4 members (excludes halogenated alkanes) is 12. The Labute approximate surface area is 208 Å². The Morgan fingerprint density at radius 3 is 2.03 bits per heavy atom. The number of nitrogens with one attached hydrogen (secondary N) is 1. The van der Waals surface area contributed by atoms with Crippen LogP contribution in [0.4, 0.5) is 4.79 Å². The molecule has 1 heterocycles. The minimum atomic E-state index is -0.220. The molecule has 1 atom stereocenters. The van der Waals surface area contributed by atoms with Crippen molar-refractivity contribution in [1.29, 1.82) is 0 Å². The predicted octanol–water partition coefficient (Wildman–Crippen LogP) is 5.37. The highest BCUT2D eigenvalue weighted by Gasteiger charge is 2.36. The average Bonchev–Trinajstić information content (AvgIpc) is 3.08. The molecule has 0 bridgehead atoms. The van der Waals surface area contributed by atoms with Crippen LogP contribution in [-0.2, 0) is 9.59 Å². The lowest BCUT2D eigenvalue weighted by Crippen LogP contribution is -2.45. The number of carbonyl (C=O) groups is 3. The highest BCUT2D eigenvalue weighted by atomic mass is 16.2. The minimum Gasteiger partial charge on any atom is -0.352 e. The molecule has 1 fully saturated rings. The predicted molar refractivity (Wildman–Crippen MR) is 140 cm³/mol. The second-order valence-electron chi connectivity index (χ2n) is 9.90. The van der Waals surface area contributed by atoms with Crippen LogP contribution in [0.25, 0.3) is 0 Å². The maximum absolute atomic E-state index is 12.7. The average molecular weight is 481 g/mol. The van der Waals surface area contributed by atoms with Gasteiger partial charge in [0.25, 0.3) is 0 Å². The Kier molecular flexibility index (Phi) is 17.6. The molecule has 0 radical (unpaired) electrons. The van der Waals surface area contributed by atoms with Crippen molar-refractivity contribution >= 4 is 17.8 Å². The number of hydrogen-bond acceptors (Lipinski definition) is 4. The lowest BCUT2D eigenvalue weighted by atomic mass is 10.0. The van der Waals surface area contributed by atoms with E-state index in [4.69, 9.17) is 5.73 Å². The summed E-state index contributed by atoms with van der Waals surface area (Å²) >= 11 is 0. The van der Waals surface area contributed by atoms with E-state index in [0.717, 1.165) is 44.9 Å². The van der Waals surface area contributed by atoms with Gasteiger partial charge in [-0.15, -0.1) is 0 Å². The molecule has 198 valence electrons. The zero-order chi connectivity index (χ0) is 25.0. The minimum absolute atomic E-state index is 0.0504. The molecule has 4 amide bonds. The van der Waals surface area contributed by atoms with E-state index < -0.39 is 0 Å². The van der Waals surface area contributed by atoms with Crippen LogP contribution in [-0.4, -0.2) is 59.9 Å². The van der Waals surface area contributed by atoms with Gasteiger partial charge in [0, 0.05) is 25.6 Å². The molecule has 0 saturated carbocycles.